The molecule has 2 aliphatic carbocycles. The van der Waals surface area contributed by atoms with Gasteiger partial charge in [0.05, 0.1) is 12.8 Å². The third-order valence-electron chi connectivity index (χ3n) is 5.77. The van der Waals surface area contributed by atoms with Crippen molar-refractivity contribution >= 4 is 23.7 Å². The van der Waals surface area contributed by atoms with Crippen LogP contribution in [-0.2, 0) is 19.2 Å². The summed E-state index contributed by atoms with van der Waals surface area (Å²) in [6.45, 7) is 6.67. The number of Topliss-reactive ketones (excluding diaryl/α,β-unsaturated/α-hetero) is 1. The number of carboxylic acid groups (broad SMARTS) is 3. The molecule has 2 saturated carbocycles. The molecule has 0 spiro atoms. The number of carbonyl (C=O) groups excluding carboxylic acids is 1. The van der Waals surface area contributed by atoms with Gasteiger partial charge in [0, 0.05) is 11.8 Å². The number of fused-ring (bicyclic) bond motifs is 2. The van der Waals surface area contributed by atoms with Crippen molar-refractivity contribution in [3.05, 3.63) is 0 Å². The lowest BCUT2D eigenvalue weighted by molar-refractivity contribution is -0.170. The van der Waals surface area contributed by atoms with Crippen LogP contribution in [0.3, 0.4) is 0 Å². The molecule has 136 valence electrons. The SMILES string of the molecule is CC12CCC(CC1=O)C2(C)C.O=C(O)CC(O)(CC(=O)O)C(=O)O. The molecule has 0 aromatic carbocycles. The van der Waals surface area contributed by atoms with Crippen molar-refractivity contribution in [1.82, 2.24) is 0 Å². The molecule has 0 heterocycles. The first kappa shape index (κ1) is 20.1. The van der Waals surface area contributed by atoms with Crippen LogP contribution in [0.1, 0.15) is 52.9 Å². The Balaban J connectivity index is 0.000000242. The molecule has 2 atom stereocenters. The normalized spacial score (nSPS) is 27.3. The molecule has 0 aromatic heterocycles. The zero-order chi connectivity index (χ0) is 18.9. The zero-order valence-corrected chi connectivity index (χ0v) is 14.0. The Morgan fingerprint density at radius 2 is 1.54 bits per heavy atom. The highest BCUT2D eigenvalue weighted by atomic mass is 16.4. The fraction of sp³-hybridized carbons (Fsp3) is 0.750. The van der Waals surface area contributed by atoms with Crippen molar-refractivity contribution in [3.63, 3.8) is 0 Å². The van der Waals surface area contributed by atoms with E-state index < -0.39 is 36.4 Å². The Morgan fingerprint density at radius 1 is 1.08 bits per heavy atom. The minimum absolute atomic E-state index is 0.0255. The molecule has 24 heavy (non-hydrogen) atoms. The van der Waals surface area contributed by atoms with E-state index in [1.54, 1.807) is 0 Å². The van der Waals surface area contributed by atoms with Crippen LogP contribution in [0.5, 0.6) is 0 Å². The number of ketones is 1. The van der Waals surface area contributed by atoms with Crippen LogP contribution in [0, 0.1) is 16.7 Å². The molecule has 4 N–H and O–H groups in total. The van der Waals surface area contributed by atoms with Crippen molar-refractivity contribution in [3.8, 4) is 0 Å². The maximum atomic E-state index is 11.6. The first-order chi connectivity index (χ1) is 10.8. The molecule has 0 radical (unpaired) electrons. The van der Waals surface area contributed by atoms with Gasteiger partial charge in [-0.15, -0.1) is 0 Å². The summed E-state index contributed by atoms with van der Waals surface area (Å²) in [5.74, 6) is -3.83. The number of rotatable bonds is 5. The summed E-state index contributed by atoms with van der Waals surface area (Å²) < 4.78 is 0. The first-order valence-corrected chi connectivity index (χ1v) is 7.69. The molecule has 2 fully saturated rings. The van der Waals surface area contributed by atoms with Crippen LogP contribution in [0.25, 0.3) is 0 Å². The Labute approximate surface area is 139 Å². The van der Waals surface area contributed by atoms with Crippen LogP contribution < -0.4 is 0 Å². The molecule has 2 aliphatic rings. The van der Waals surface area contributed by atoms with Crippen molar-refractivity contribution < 1.29 is 39.6 Å². The van der Waals surface area contributed by atoms with Crippen molar-refractivity contribution in [2.75, 3.05) is 0 Å². The lowest BCUT2D eigenvalue weighted by Gasteiger charge is -2.32. The monoisotopic (exact) mass is 344 g/mol. The Kier molecular flexibility index (Phi) is 5.44. The number of aliphatic carboxylic acids is 3. The average Bonchev–Trinajstić information content (AvgIpc) is 2.70. The predicted octanol–water partition coefficient (Wildman–Crippen LogP) is 1.15. The lowest BCUT2D eigenvalue weighted by Crippen LogP contribution is -2.42. The number of carbonyl (C=O) groups is 4. The summed E-state index contributed by atoms with van der Waals surface area (Å²) in [5, 5.41) is 33.8. The summed E-state index contributed by atoms with van der Waals surface area (Å²) in [6.07, 6.45) is 0.964. The minimum Gasteiger partial charge on any atom is -0.481 e. The van der Waals surface area contributed by atoms with E-state index in [0.29, 0.717) is 11.7 Å². The van der Waals surface area contributed by atoms with Crippen molar-refractivity contribution in [2.24, 2.45) is 16.7 Å². The maximum Gasteiger partial charge on any atom is 0.336 e. The van der Waals surface area contributed by atoms with E-state index in [0.717, 1.165) is 12.8 Å². The van der Waals surface area contributed by atoms with Gasteiger partial charge in [0.1, 0.15) is 5.78 Å². The molecule has 2 bridgehead atoms. The Bertz CT molecular complexity index is 548. The van der Waals surface area contributed by atoms with Crippen LogP contribution in [0.4, 0.5) is 0 Å². The van der Waals surface area contributed by atoms with Crippen LogP contribution >= 0.6 is 0 Å². The Hall–Kier alpha value is -1.96. The fourth-order valence-corrected chi connectivity index (χ4v) is 3.62. The highest BCUT2D eigenvalue weighted by Crippen LogP contribution is 2.63. The summed E-state index contributed by atoms with van der Waals surface area (Å²) in [4.78, 5) is 42.1. The first-order valence-electron chi connectivity index (χ1n) is 7.69. The third-order valence-corrected chi connectivity index (χ3v) is 5.77. The maximum absolute atomic E-state index is 11.6. The second kappa shape index (κ2) is 6.51. The number of hydrogen-bond donors (Lipinski definition) is 4. The number of carboxylic acids is 3. The van der Waals surface area contributed by atoms with Gasteiger partial charge in [0.2, 0.25) is 0 Å². The van der Waals surface area contributed by atoms with Gasteiger partial charge in [-0.05, 0) is 24.2 Å². The standard InChI is InChI=1S/C10H16O.C6H8O7/c1-9(2)7-4-5-10(9,3)8(11)6-7;7-3(8)1-6(13,5(11)12)2-4(9)10/h7H,4-6H2,1-3H3;13H,1-2H2,(H,7,8)(H,9,10)(H,11,12). The third kappa shape index (κ3) is 3.58. The summed E-state index contributed by atoms with van der Waals surface area (Å²) in [6, 6.07) is 0. The van der Waals surface area contributed by atoms with Crippen LogP contribution in [-0.4, -0.2) is 49.7 Å². The van der Waals surface area contributed by atoms with E-state index in [1.807, 2.05) is 0 Å². The Morgan fingerprint density at radius 3 is 1.71 bits per heavy atom. The highest BCUT2D eigenvalue weighted by Gasteiger charge is 2.61. The molecule has 0 aliphatic heterocycles. The van der Waals surface area contributed by atoms with Crippen molar-refractivity contribution in [1.29, 1.82) is 0 Å². The van der Waals surface area contributed by atoms with E-state index in [2.05, 4.69) is 20.8 Å². The van der Waals surface area contributed by atoms with E-state index in [1.165, 1.54) is 6.42 Å². The second-order valence-electron chi connectivity index (χ2n) is 7.39. The van der Waals surface area contributed by atoms with Gasteiger partial charge in [-0.25, -0.2) is 4.79 Å². The molecule has 8 heteroatoms. The number of aliphatic hydroxyl groups is 1. The number of hydrogen-bond acceptors (Lipinski definition) is 5. The topological polar surface area (TPSA) is 149 Å². The van der Waals surface area contributed by atoms with E-state index >= 15 is 0 Å². The van der Waals surface area contributed by atoms with Gasteiger partial charge >= 0.3 is 17.9 Å². The van der Waals surface area contributed by atoms with Crippen LogP contribution in [0.15, 0.2) is 0 Å². The minimum atomic E-state index is -2.74. The smallest absolute Gasteiger partial charge is 0.336 e. The van der Waals surface area contributed by atoms with Gasteiger partial charge in [-0.3, -0.25) is 14.4 Å². The molecule has 0 aromatic rings. The molecule has 2 rings (SSSR count). The van der Waals surface area contributed by atoms with Gasteiger partial charge < -0.3 is 20.4 Å². The van der Waals surface area contributed by atoms with E-state index in [-0.39, 0.29) is 10.8 Å². The van der Waals surface area contributed by atoms with Gasteiger partial charge in [0.25, 0.3) is 0 Å². The summed E-state index contributed by atoms with van der Waals surface area (Å²) in [7, 11) is 0. The van der Waals surface area contributed by atoms with Crippen molar-refractivity contribution in [2.45, 2.75) is 58.5 Å². The van der Waals surface area contributed by atoms with E-state index in [4.69, 9.17) is 20.4 Å². The molecule has 2 unspecified atom stereocenters. The van der Waals surface area contributed by atoms with Gasteiger partial charge in [0.15, 0.2) is 5.60 Å². The lowest BCUT2D eigenvalue weighted by atomic mass is 9.70. The summed E-state index contributed by atoms with van der Waals surface area (Å²) in [5.41, 5.74) is -2.43. The van der Waals surface area contributed by atoms with Crippen LogP contribution in [0.2, 0.25) is 0 Å². The average molecular weight is 344 g/mol. The zero-order valence-electron chi connectivity index (χ0n) is 14.0. The molecule has 0 saturated heterocycles. The molecular formula is C16H24O8. The molecule has 0 amide bonds. The van der Waals surface area contributed by atoms with Gasteiger partial charge in [-0.2, -0.15) is 0 Å². The van der Waals surface area contributed by atoms with E-state index in [9.17, 15) is 19.2 Å². The second-order valence-corrected chi connectivity index (χ2v) is 7.39. The largest absolute Gasteiger partial charge is 0.481 e. The fourth-order valence-electron chi connectivity index (χ4n) is 3.62. The molecular weight excluding hydrogens is 320 g/mol. The molecule has 8 nitrogen and oxygen atoms in total. The van der Waals surface area contributed by atoms with Gasteiger partial charge in [-0.1, -0.05) is 20.8 Å². The quantitative estimate of drug-likeness (QED) is 0.580. The summed E-state index contributed by atoms with van der Waals surface area (Å²) >= 11 is 0. The predicted molar refractivity (Wildman–Crippen MR) is 81.3 cm³/mol. The highest BCUT2D eigenvalue weighted by molar-refractivity contribution is 5.89.